The minimum atomic E-state index is 0.819. The fourth-order valence-electron chi connectivity index (χ4n) is 2.90. The molecule has 2 aromatic heterocycles. The molecule has 0 atom stereocenters. The van der Waals surface area contributed by atoms with Crippen LogP contribution in [0.25, 0.3) is 10.2 Å². The van der Waals surface area contributed by atoms with Gasteiger partial charge in [-0.2, -0.15) is 0 Å². The topological polar surface area (TPSA) is 37.8 Å². The van der Waals surface area contributed by atoms with E-state index in [0.29, 0.717) is 0 Å². The summed E-state index contributed by atoms with van der Waals surface area (Å²) >= 11 is 5.34. The number of halogens is 1. The molecule has 1 aliphatic carbocycles. The van der Waals surface area contributed by atoms with Gasteiger partial charge in [0.1, 0.15) is 16.5 Å². The molecule has 1 N–H and O–H groups in total. The molecule has 4 rings (SSSR count). The van der Waals surface area contributed by atoms with Crippen molar-refractivity contribution in [2.75, 3.05) is 5.32 Å². The number of rotatable bonds is 2. The van der Waals surface area contributed by atoms with Crippen molar-refractivity contribution in [1.29, 1.82) is 0 Å². The van der Waals surface area contributed by atoms with Crippen molar-refractivity contribution in [3.05, 3.63) is 45.0 Å². The van der Waals surface area contributed by atoms with Crippen LogP contribution in [-0.2, 0) is 12.8 Å². The van der Waals surface area contributed by atoms with Crippen LogP contribution in [0, 0.1) is 6.92 Å². The second-order valence-corrected chi connectivity index (χ2v) is 7.29. The van der Waals surface area contributed by atoms with Gasteiger partial charge in [0.15, 0.2) is 0 Å². The largest absolute Gasteiger partial charge is 0.340 e. The Morgan fingerprint density at radius 1 is 1.24 bits per heavy atom. The van der Waals surface area contributed by atoms with Crippen LogP contribution >= 0.6 is 27.3 Å². The molecular formula is C16H14BrN3S. The Hall–Kier alpha value is -1.46. The molecule has 0 radical (unpaired) electrons. The second kappa shape index (κ2) is 5.07. The summed E-state index contributed by atoms with van der Waals surface area (Å²) in [6, 6.07) is 8.17. The highest BCUT2D eigenvalue weighted by Gasteiger charge is 2.21. The SMILES string of the molecule is Cc1nc(Nc2cccc(Br)c2)c2c3c(sc2n1)CCC3. The van der Waals surface area contributed by atoms with Gasteiger partial charge in [-0.1, -0.05) is 22.0 Å². The van der Waals surface area contributed by atoms with Gasteiger partial charge < -0.3 is 5.32 Å². The van der Waals surface area contributed by atoms with E-state index in [4.69, 9.17) is 0 Å². The molecule has 0 unspecified atom stereocenters. The third-order valence-electron chi connectivity index (χ3n) is 3.76. The minimum Gasteiger partial charge on any atom is -0.340 e. The van der Waals surface area contributed by atoms with Crippen molar-refractivity contribution in [3.8, 4) is 0 Å². The maximum atomic E-state index is 4.65. The first kappa shape index (κ1) is 13.2. The van der Waals surface area contributed by atoms with Crippen LogP contribution in [0.1, 0.15) is 22.7 Å². The van der Waals surface area contributed by atoms with Gasteiger partial charge >= 0.3 is 0 Å². The molecule has 3 aromatic rings. The van der Waals surface area contributed by atoms with E-state index >= 15 is 0 Å². The summed E-state index contributed by atoms with van der Waals surface area (Å²) in [5.41, 5.74) is 2.49. The Labute approximate surface area is 135 Å². The molecule has 5 heteroatoms. The van der Waals surface area contributed by atoms with E-state index in [0.717, 1.165) is 33.1 Å². The highest BCUT2D eigenvalue weighted by molar-refractivity contribution is 9.10. The Kier molecular flexibility index (Phi) is 3.19. The lowest BCUT2D eigenvalue weighted by atomic mass is 10.2. The van der Waals surface area contributed by atoms with Crippen LogP contribution < -0.4 is 5.32 Å². The van der Waals surface area contributed by atoms with E-state index in [2.05, 4.69) is 43.3 Å². The van der Waals surface area contributed by atoms with Crippen molar-refractivity contribution in [1.82, 2.24) is 9.97 Å². The molecule has 1 aliphatic rings. The van der Waals surface area contributed by atoms with Crippen molar-refractivity contribution in [2.45, 2.75) is 26.2 Å². The quantitative estimate of drug-likeness (QED) is 0.699. The molecule has 0 saturated carbocycles. The number of hydrogen-bond donors (Lipinski definition) is 1. The van der Waals surface area contributed by atoms with Crippen LogP contribution in [0.4, 0.5) is 11.5 Å². The molecule has 21 heavy (non-hydrogen) atoms. The molecule has 0 amide bonds. The van der Waals surface area contributed by atoms with E-state index in [1.54, 1.807) is 0 Å². The molecular weight excluding hydrogens is 346 g/mol. The minimum absolute atomic E-state index is 0.819. The Bertz CT molecular complexity index is 841. The predicted molar refractivity (Wildman–Crippen MR) is 91.6 cm³/mol. The molecule has 0 bridgehead atoms. The lowest BCUT2D eigenvalue weighted by molar-refractivity contribution is 0.917. The number of hydrogen-bond acceptors (Lipinski definition) is 4. The number of thiophene rings is 1. The standard InChI is InChI=1S/C16H14BrN3S/c1-9-18-15(20-11-5-2-4-10(17)8-11)14-12-6-3-7-13(12)21-16(14)19-9/h2,4-5,8H,3,6-7H2,1H3,(H,18,19,20). The van der Waals surface area contributed by atoms with Crippen LogP contribution in [0.5, 0.6) is 0 Å². The van der Waals surface area contributed by atoms with Gasteiger partial charge in [0.2, 0.25) is 0 Å². The summed E-state index contributed by atoms with van der Waals surface area (Å²) in [6.45, 7) is 1.95. The molecule has 0 saturated heterocycles. The number of anilines is 2. The summed E-state index contributed by atoms with van der Waals surface area (Å²) in [7, 11) is 0. The summed E-state index contributed by atoms with van der Waals surface area (Å²) in [5, 5.41) is 4.69. The Morgan fingerprint density at radius 3 is 3.00 bits per heavy atom. The molecule has 2 heterocycles. The number of nitrogens with zero attached hydrogens (tertiary/aromatic N) is 2. The zero-order chi connectivity index (χ0) is 14.4. The zero-order valence-corrected chi connectivity index (χ0v) is 14.0. The van der Waals surface area contributed by atoms with Gasteiger partial charge in [-0.15, -0.1) is 11.3 Å². The number of nitrogens with one attached hydrogen (secondary N) is 1. The van der Waals surface area contributed by atoms with Crippen molar-refractivity contribution < 1.29 is 0 Å². The van der Waals surface area contributed by atoms with Crippen molar-refractivity contribution in [3.63, 3.8) is 0 Å². The second-order valence-electron chi connectivity index (χ2n) is 5.29. The number of aryl methyl sites for hydroxylation is 3. The molecule has 0 spiro atoms. The summed E-state index contributed by atoms with van der Waals surface area (Å²) < 4.78 is 1.06. The van der Waals surface area contributed by atoms with E-state index in [1.807, 2.05) is 30.4 Å². The van der Waals surface area contributed by atoms with Crippen molar-refractivity contribution in [2.24, 2.45) is 0 Å². The van der Waals surface area contributed by atoms with Gasteiger partial charge in [0.05, 0.1) is 5.39 Å². The maximum Gasteiger partial charge on any atom is 0.143 e. The highest BCUT2D eigenvalue weighted by Crippen LogP contribution is 2.40. The van der Waals surface area contributed by atoms with E-state index in [-0.39, 0.29) is 0 Å². The first-order chi connectivity index (χ1) is 10.2. The van der Waals surface area contributed by atoms with Gasteiger partial charge in [0, 0.05) is 15.0 Å². The summed E-state index contributed by atoms with van der Waals surface area (Å²) in [6.07, 6.45) is 3.59. The lowest BCUT2D eigenvalue weighted by Crippen LogP contribution is -1.98. The first-order valence-electron chi connectivity index (χ1n) is 7.02. The number of benzene rings is 1. The molecule has 3 nitrogen and oxygen atoms in total. The first-order valence-corrected chi connectivity index (χ1v) is 8.63. The maximum absolute atomic E-state index is 4.65. The van der Waals surface area contributed by atoms with Crippen LogP contribution in [0.15, 0.2) is 28.7 Å². The normalized spacial score (nSPS) is 13.6. The van der Waals surface area contributed by atoms with Gasteiger partial charge in [0.25, 0.3) is 0 Å². The summed E-state index contributed by atoms with van der Waals surface area (Å²) in [5.74, 6) is 1.76. The monoisotopic (exact) mass is 359 g/mol. The molecule has 106 valence electrons. The van der Waals surface area contributed by atoms with Crippen LogP contribution in [0.2, 0.25) is 0 Å². The predicted octanol–water partition coefficient (Wildman–Crippen LogP) is 4.99. The average molecular weight is 360 g/mol. The van der Waals surface area contributed by atoms with Crippen LogP contribution in [-0.4, -0.2) is 9.97 Å². The Balaban J connectivity index is 1.87. The van der Waals surface area contributed by atoms with Gasteiger partial charge in [-0.25, -0.2) is 9.97 Å². The Morgan fingerprint density at radius 2 is 2.14 bits per heavy atom. The number of fused-ring (bicyclic) bond motifs is 3. The van der Waals surface area contributed by atoms with E-state index < -0.39 is 0 Å². The lowest BCUT2D eigenvalue weighted by Gasteiger charge is -2.09. The number of aromatic nitrogens is 2. The fraction of sp³-hybridized carbons (Fsp3) is 0.250. The smallest absolute Gasteiger partial charge is 0.143 e. The van der Waals surface area contributed by atoms with Crippen LogP contribution in [0.3, 0.4) is 0 Å². The van der Waals surface area contributed by atoms with E-state index in [1.165, 1.54) is 28.7 Å². The zero-order valence-electron chi connectivity index (χ0n) is 11.6. The van der Waals surface area contributed by atoms with Crippen molar-refractivity contribution >= 4 is 49.0 Å². The van der Waals surface area contributed by atoms with E-state index in [9.17, 15) is 0 Å². The highest BCUT2D eigenvalue weighted by atomic mass is 79.9. The average Bonchev–Trinajstić information content (AvgIpc) is 2.98. The van der Waals surface area contributed by atoms with Gasteiger partial charge in [-0.05, 0) is 49.9 Å². The third-order valence-corrected chi connectivity index (χ3v) is 5.44. The molecule has 1 aromatic carbocycles. The fourth-order valence-corrected chi connectivity index (χ4v) is 4.60. The molecule has 0 aliphatic heterocycles. The van der Waals surface area contributed by atoms with Gasteiger partial charge in [-0.3, -0.25) is 0 Å². The molecule has 0 fully saturated rings. The summed E-state index contributed by atoms with van der Waals surface area (Å²) in [4.78, 5) is 11.9. The third kappa shape index (κ3) is 2.34.